The van der Waals surface area contributed by atoms with E-state index in [2.05, 4.69) is 16.0 Å². The second-order valence-corrected chi connectivity index (χ2v) is 4.63. The minimum absolute atomic E-state index is 0.471. The van der Waals surface area contributed by atoms with Gasteiger partial charge in [0, 0.05) is 24.4 Å². The van der Waals surface area contributed by atoms with E-state index in [-0.39, 0.29) is 0 Å². The third-order valence-corrected chi connectivity index (χ3v) is 3.22. The summed E-state index contributed by atoms with van der Waals surface area (Å²) in [6, 6.07) is 9.06. The lowest BCUT2D eigenvalue weighted by molar-refractivity contribution is 0.397. The fourth-order valence-electron chi connectivity index (χ4n) is 2.15. The number of hydrogen-bond acceptors (Lipinski definition) is 6. The monoisotopic (exact) mass is 295 g/mol. The van der Waals surface area contributed by atoms with Gasteiger partial charge in [-0.2, -0.15) is 5.26 Å². The van der Waals surface area contributed by atoms with Gasteiger partial charge in [0.15, 0.2) is 17.0 Å². The van der Waals surface area contributed by atoms with Crippen molar-refractivity contribution in [3.63, 3.8) is 0 Å². The smallest absolute Gasteiger partial charge is 0.212 e. The molecule has 2 heterocycles. The predicted molar refractivity (Wildman–Crippen MR) is 78.9 cm³/mol. The van der Waals surface area contributed by atoms with Crippen molar-refractivity contribution in [2.24, 2.45) is 0 Å². The number of ether oxygens (including phenoxy) is 2. The van der Waals surface area contributed by atoms with E-state index in [0.717, 1.165) is 5.56 Å². The summed E-state index contributed by atoms with van der Waals surface area (Å²) in [5.74, 6) is 1.62. The zero-order chi connectivity index (χ0) is 15.5. The molecule has 6 heteroatoms. The molecular formula is C16H13N3O3. The lowest BCUT2D eigenvalue weighted by atomic mass is 10.2. The van der Waals surface area contributed by atoms with Crippen LogP contribution in [0.5, 0.6) is 11.6 Å². The van der Waals surface area contributed by atoms with E-state index in [1.54, 1.807) is 31.5 Å². The Kier molecular flexibility index (Phi) is 3.62. The fourth-order valence-corrected chi connectivity index (χ4v) is 2.15. The molecule has 0 unspecified atom stereocenters. The minimum atomic E-state index is 0.471. The number of methoxy groups -OCH3 is 2. The summed E-state index contributed by atoms with van der Waals surface area (Å²) >= 11 is 0. The van der Waals surface area contributed by atoms with E-state index >= 15 is 0 Å². The maximum atomic E-state index is 9.02. The molecule has 0 saturated heterocycles. The summed E-state index contributed by atoms with van der Waals surface area (Å²) in [6.45, 7) is 0. The van der Waals surface area contributed by atoms with Gasteiger partial charge in [0.1, 0.15) is 5.75 Å². The Morgan fingerprint density at radius 1 is 1.23 bits per heavy atom. The van der Waals surface area contributed by atoms with Gasteiger partial charge in [-0.15, -0.1) is 0 Å². The van der Waals surface area contributed by atoms with Crippen molar-refractivity contribution in [1.82, 2.24) is 9.97 Å². The Morgan fingerprint density at radius 3 is 2.73 bits per heavy atom. The van der Waals surface area contributed by atoms with E-state index in [4.69, 9.17) is 19.2 Å². The van der Waals surface area contributed by atoms with Crippen LogP contribution in [0.15, 0.2) is 34.9 Å². The minimum Gasteiger partial charge on any atom is -0.494 e. The maximum Gasteiger partial charge on any atom is 0.212 e. The molecule has 3 rings (SSSR count). The standard InChI is InChI=1S/C16H13N3O3/c1-20-12-5-11(8-17)6-13-16(12)19-15(22-13)7-10-3-4-14(21-2)18-9-10/h3-6,9H,7H2,1-2H3. The number of nitrogens with zero attached hydrogens (tertiary/aromatic N) is 3. The van der Waals surface area contributed by atoms with Crippen molar-refractivity contribution in [2.75, 3.05) is 14.2 Å². The Labute approximate surface area is 126 Å². The van der Waals surface area contributed by atoms with Crippen LogP contribution in [0.2, 0.25) is 0 Å². The predicted octanol–water partition coefficient (Wildman–Crippen LogP) is 2.70. The van der Waals surface area contributed by atoms with Crippen molar-refractivity contribution >= 4 is 11.1 Å². The Hall–Kier alpha value is -3.07. The average Bonchev–Trinajstić information content (AvgIpc) is 2.96. The highest BCUT2D eigenvalue weighted by atomic mass is 16.5. The summed E-state index contributed by atoms with van der Waals surface area (Å²) in [6.07, 6.45) is 2.21. The lowest BCUT2D eigenvalue weighted by Gasteiger charge is -1.99. The first kappa shape index (κ1) is 13.9. The fraction of sp³-hybridized carbons (Fsp3) is 0.188. The molecule has 0 amide bonds. The van der Waals surface area contributed by atoms with Gasteiger partial charge < -0.3 is 13.9 Å². The molecule has 3 aromatic rings. The first-order valence-electron chi connectivity index (χ1n) is 6.60. The molecule has 0 atom stereocenters. The number of fused-ring (bicyclic) bond motifs is 1. The lowest BCUT2D eigenvalue weighted by Crippen LogP contribution is -1.92. The summed E-state index contributed by atoms with van der Waals surface area (Å²) < 4.78 is 16.0. The van der Waals surface area contributed by atoms with Gasteiger partial charge in [-0.25, -0.2) is 9.97 Å². The van der Waals surface area contributed by atoms with Gasteiger partial charge in [0.2, 0.25) is 5.88 Å². The number of aromatic nitrogens is 2. The molecule has 22 heavy (non-hydrogen) atoms. The molecule has 0 N–H and O–H groups in total. The Morgan fingerprint density at radius 2 is 2.09 bits per heavy atom. The van der Waals surface area contributed by atoms with Crippen LogP contribution in [-0.4, -0.2) is 24.2 Å². The van der Waals surface area contributed by atoms with Gasteiger partial charge >= 0.3 is 0 Å². The first-order chi connectivity index (χ1) is 10.7. The molecule has 0 aliphatic heterocycles. The van der Waals surface area contributed by atoms with Gasteiger partial charge in [-0.3, -0.25) is 0 Å². The molecule has 0 fully saturated rings. The number of benzene rings is 1. The third-order valence-electron chi connectivity index (χ3n) is 3.22. The van der Waals surface area contributed by atoms with Gasteiger partial charge in [0.05, 0.1) is 32.3 Å². The Bertz CT molecular complexity index is 847. The van der Waals surface area contributed by atoms with Crippen LogP contribution in [0.3, 0.4) is 0 Å². The van der Waals surface area contributed by atoms with Crippen molar-refractivity contribution in [3.8, 4) is 17.7 Å². The van der Waals surface area contributed by atoms with Gasteiger partial charge in [0.25, 0.3) is 0 Å². The Balaban J connectivity index is 1.96. The third kappa shape index (κ3) is 2.56. The molecular weight excluding hydrogens is 282 g/mol. The number of pyridine rings is 1. The van der Waals surface area contributed by atoms with Crippen LogP contribution in [0.1, 0.15) is 17.0 Å². The molecule has 0 spiro atoms. The summed E-state index contributed by atoms with van der Waals surface area (Å²) in [5, 5.41) is 9.02. The second-order valence-electron chi connectivity index (χ2n) is 4.63. The summed E-state index contributed by atoms with van der Waals surface area (Å²) in [5.41, 5.74) is 2.57. The molecule has 2 aromatic heterocycles. The summed E-state index contributed by atoms with van der Waals surface area (Å²) in [4.78, 5) is 8.59. The normalized spacial score (nSPS) is 10.4. The second kappa shape index (κ2) is 5.74. The van der Waals surface area contributed by atoms with Crippen LogP contribution < -0.4 is 9.47 Å². The van der Waals surface area contributed by atoms with Gasteiger partial charge in [-0.1, -0.05) is 6.07 Å². The molecule has 0 aliphatic rings. The number of hydrogen-bond donors (Lipinski definition) is 0. The van der Waals surface area contributed by atoms with Crippen molar-refractivity contribution < 1.29 is 13.9 Å². The number of rotatable bonds is 4. The van der Waals surface area contributed by atoms with Gasteiger partial charge in [-0.05, 0) is 5.56 Å². The molecule has 0 saturated carbocycles. The van der Waals surface area contributed by atoms with Crippen LogP contribution in [0.25, 0.3) is 11.1 Å². The average molecular weight is 295 g/mol. The summed E-state index contributed by atoms with van der Waals surface area (Å²) in [7, 11) is 3.11. The van der Waals surface area contributed by atoms with Crippen LogP contribution >= 0.6 is 0 Å². The van der Waals surface area contributed by atoms with E-state index in [0.29, 0.717) is 40.6 Å². The highest BCUT2D eigenvalue weighted by Gasteiger charge is 2.13. The van der Waals surface area contributed by atoms with E-state index in [1.165, 1.54) is 7.11 Å². The molecule has 6 nitrogen and oxygen atoms in total. The van der Waals surface area contributed by atoms with Crippen molar-refractivity contribution in [1.29, 1.82) is 5.26 Å². The topological polar surface area (TPSA) is 81.2 Å². The number of oxazole rings is 1. The van der Waals surface area contributed by atoms with Crippen molar-refractivity contribution in [3.05, 3.63) is 47.5 Å². The van der Waals surface area contributed by atoms with Crippen LogP contribution in [0.4, 0.5) is 0 Å². The molecule has 1 aromatic carbocycles. The van der Waals surface area contributed by atoms with E-state index in [1.807, 2.05) is 6.07 Å². The molecule has 0 aliphatic carbocycles. The van der Waals surface area contributed by atoms with E-state index in [9.17, 15) is 0 Å². The van der Waals surface area contributed by atoms with Crippen LogP contribution in [-0.2, 0) is 6.42 Å². The van der Waals surface area contributed by atoms with Crippen LogP contribution in [0, 0.1) is 11.3 Å². The number of nitriles is 1. The zero-order valence-corrected chi connectivity index (χ0v) is 12.2. The molecule has 0 radical (unpaired) electrons. The largest absolute Gasteiger partial charge is 0.494 e. The molecule has 110 valence electrons. The maximum absolute atomic E-state index is 9.02. The first-order valence-corrected chi connectivity index (χ1v) is 6.60. The quantitative estimate of drug-likeness (QED) is 0.736. The van der Waals surface area contributed by atoms with E-state index < -0.39 is 0 Å². The highest BCUT2D eigenvalue weighted by Crippen LogP contribution is 2.28. The van der Waals surface area contributed by atoms with Crippen molar-refractivity contribution in [2.45, 2.75) is 6.42 Å². The SMILES string of the molecule is COc1ccc(Cc2nc3c(OC)cc(C#N)cc3o2)cn1. The molecule has 0 bridgehead atoms. The highest BCUT2D eigenvalue weighted by molar-refractivity contribution is 5.81. The zero-order valence-electron chi connectivity index (χ0n) is 12.2.